The zero-order valence-corrected chi connectivity index (χ0v) is 10.7. The van der Waals surface area contributed by atoms with E-state index >= 15 is 0 Å². The van der Waals surface area contributed by atoms with Gasteiger partial charge in [-0.05, 0) is 37.1 Å². The second-order valence-electron chi connectivity index (χ2n) is 3.01. The van der Waals surface area contributed by atoms with E-state index < -0.39 is 0 Å². The first-order valence-corrected chi connectivity index (χ1v) is 5.04. The Labute approximate surface area is 99.4 Å². The fourth-order valence-electron chi connectivity index (χ4n) is 1.29. The van der Waals surface area contributed by atoms with E-state index in [1.54, 1.807) is 0 Å². The maximum Gasteiger partial charge on any atom is 0.125 e. The molecule has 0 saturated heterocycles. The number of hydrogen-bond acceptors (Lipinski definition) is 2. The van der Waals surface area contributed by atoms with E-state index in [2.05, 4.69) is 15.9 Å². The highest BCUT2D eigenvalue weighted by molar-refractivity contribution is 9.10. The third-order valence-corrected chi connectivity index (χ3v) is 2.25. The Balaban J connectivity index is 0.00000169. The molecule has 4 heteroatoms. The lowest BCUT2D eigenvalue weighted by atomic mass is 10.1. The van der Waals surface area contributed by atoms with Gasteiger partial charge in [-0.15, -0.1) is 12.4 Å². The summed E-state index contributed by atoms with van der Waals surface area (Å²) in [6.45, 7) is 5.19. The van der Waals surface area contributed by atoms with Gasteiger partial charge in [0.1, 0.15) is 12.4 Å². The Morgan fingerprint density at radius 2 is 1.79 bits per heavy atom. The van der Waals surface area contributed by atoms with Crippen molar-refractivity contribution in [2.75, 3.05) is 13.2 Å². The summed E-state index contributed by atoms with van der Waals surface area (Å²) >= 11 is 3.44. The molecular weight excluding hydrogens is 265 g/mol. The van der Waals surface area contributed by atoms with Gasteiger partial charge in [-0.3, -0.25) is 0 Å². The van der Waals surface area contributed by atoms with Crippen molar-refractivity contribution >= 4 is 28.3 Å². The summed E-state index contributed by atoms with van der Waals surface area (Å²) in [4.78, 5) is 0. The molecule has 2 nitrogen and oxygen atoms in total. The van der Waals surface area contributed by atoms with Crippen molar-refractivity contribution in [1.29, 1.82) is 0 Å². The molecule has 0 fully saturated rings. The van der Waals surface area contributed by atoms with Crippen LogP contribution in [-0.4, -0.2) is 13.2 Å². The summed E-state index contributed by atoms with van der Waals surface area (Å²) in [5.41, 5.74) is 7.65. The maximum atomic E-state index is 5.53. The summed E-state index contributed by atoms with van der Waals surface area (Å²) in [6, 6.07) is 4.08. The van der Waals surface area contributed by atoms with E-state index in [0.717, 1.165) is 21.3 Å². The van der Waals surface area contributed by atoms with E-state index in [1.807, 2.05) is 26.0 Å². The lowest BCUT2D eigenvalue weighted by Crippen LogP contribution is -2.11. The summed E-state index contributed by atoms with van der Waals surface area (Å²) in [6.07, 6.45) is 0. The van der Waals surface area contributed by atoms with Crippen molar-refractivity contribution in [3.63, 3.8) is 0 Å². The molecule has 0 heterocycles. The first-order chi connectivity index (χ1) is 6.15. The fourth-order valence-corrected chi connectivity index (χ4v) is 1.97. The third kappa shape index (κ3) is 3.48. The van der Waals surface area contributed by atoms with Gasteiger partial charge in [0, 0.05) is 11.0 Å². The molecule has 0 aliphatic heterocycles. The first kappa shape index (κ1) is 13.8. The van der Waals surface area contributed by atoms with Gasteiger partial charge in [0.2, 0.25) is 0 Å². The van der Waals surface area contributed by atoms with Crippen LogP contribution < -0.4 is 10.5 Å². The van der Waals surface area contributed by atoms with Crippen LogP contribution in [0.2, 0.25) is 0 Å². The minimum Gasteiger partial charge on any atom is -0.492 e. The van der Waals surface area contributed by atoms with Crippen LogP contribution in [0, 0.1) is 13.8 Å². The summed E-state index contributed by atoms with van der Waals surface area (Å²) < 4.78 is 6.61. The minimum absolute atomic E-state index is 0. The molecule has 0 aromatic heterocycles. The van der Waals surface area contributed by atoms with Crippen molar-refractivity contribution in [3.8, 4) is 5.75 Å². The quantitative estimate of drug-likeness (QED) is 0.924. The van der Waals surface area contributed by atoms with Crippen molar-refractivity contribution in [2.45, 2.75) is 13.8 Å². The smallest absolute Gasteiger partial charge is 0.125 e. The zero-order valence-electron chi connectivity index (χ0n) is 8.34. The molecule has 0 bridgehead atoms. The lowest BCUT2D eigenvalue weighted by Gasteiger charge is -2.11. The molecule has 0 radical (unpaired) electrons. The zero-order chi connectivity index (χ0) is 9.84. The minimum atomic E-state index is 0. The van der Waals surface area contributed by atoms with Gasteiger partial charge < -0.3 is 10.5 Å². The highest BCUT2D eigenvalue weighted by Crippen LogP contribution is 2.26. The Morgan fingerprint density at radius 3 is 2.21 bits per heavy atom. The van der Waals surface area contributed by atoms with Crippen LogP contribution in [0.3, 0.4) is 0 Å². The third-order valence-electron chi connectivity index (χ3n) is 1.79. The molecule has 1 rings (SSSR count). The van der Waals surface area contributed by atoms with Crippen molar-refractivity contribution < 1.29 is 4.74 Å². The Bertz CT molecular complexity index is 281. The predicted molar refractivity (Wildman–Crippen MR) is 65.4 cm³/mol. The standard InChI is InChI=1S/C10H14BrNO.ClH/c1-7-5-9(11)6-8(2)10(7)13-4-3-12;/h5-6H,3-4,12H2,1-2H3;1H. The van der Waals surface area contributed by atoms with Crippen LogP contribution in [-0.2, 0) is 0 Å². The van der Waals surface area contributed by atoms with Crippen LogP contribution in [0.1, 0.15) is 11.1 Å². The number of halogens is 2. The molecule has 1 aromatic rings. The molecule has 80 valence electrons. The van der Waals surface area contributed by atoms with Gasteiger partial charge in [-0.2, -0.15) is 0 Å². The maximum absolute atomic E-state index is 5.53. The number of aryl methyl sites for hydroxylation is 2. The normalized spacial score (nSPS) is 9.43. The molecule has 0 unspecified atom stereocenters. The molecule has 0 atom stereocenters. The van der Waals surface area contributed by atoms with E-state index in [4.69, 9.17) is 10.5 Å². The number of ether oxygens (including phenoxy) is 1. The largest absolute Gasteiger partial charge is 0.492 e. The molecule has 0 aliphatic carbocycles. The summed E-state index contributed by atoms with van der Waals surface area (Å²) in [5, 5.41) is 0. The Hall–Kier alpha value is -0.250. The highest BCUT2D eigenvalue weighted by Gasteiger charge is 2.04. The van der Waals surface area contributed by atoms with Gasteiger partial charge >= 0.3 is 0 Å². The van der Waals surface area contributed by atoms with Gasteiger partial charge in [0.05, 0.1) is 0 Å². The highest BCUT2D eigenvalue weighted by atomic mass is 79.9. The Morgan fingerprint density at radius 1 is 1.29 bits per heavy atom. The van der Waals surface area contributed by atoms with Gasteiger partial charge in [0.15, 0.2) is 0 Å². The fraction of sp³-hybridized carbons (Fsp3) is 0.400. The molecule has 0 aliphatic rings. The first-order valence-electron chi connectivity index (χ1n) is 4.24. The van der Waals surface area contributed by atoms with E-state index in [9.17, 15) is 0 Å². The van der Waals surface area contributed by atoms with Crippen LogP contribution >= 0.6 is 28.3 Å². The molecule has 0 spiro atoms. The number of nitrogens with two attached hydrogens (primary N) is 1. The average Bonchev–Trinajstić information content (AvgIpc) is 2.02. The van der Waals surface area contributed by atoms with Crippen LogP contribution in [0.25, 0.3) is 0 Å². The van der Waals surface area contributed by atoms with Gasteiger partial charge in [-0.1, -0.05) is 15.9 Å². The van der Waals surface area contributed by atoms with E-state index in [0.29, 0.717) is 13.2 Å². The second-order valence-corrected chi connectivity index (χ2v) is 3.92. The lowest BCUT2D eigenvalue weighted by molar-refractivity contribution is 0.324. The number of rotatable bonds is 3. The van der Waals surface area contributed by atoms with E-state index in [1.165, 1.54) is 0 Å². The molecule has 0 saturated carbocycles. The topological polar surface area (TPSA) is 35.2 Å². The molecular formula is C10H15BrClNO. The predicted octanol–water partition coefficient (Wildman–Crippen LogP) is 2.83. The monoisotopic (exact) mass is 279 g/mol. The van der Waals surface area contributed by atoms with Crippen LogP contribution in [0.4, 0.5) is 0 Å². The SMILES string of the molecule is Cc1cc(Br)cc(C)c1OCCN.Cl. The average molecular weight is 281 g/mol. The van der Waals surface area contributed by atoms with Crippen molar-refractivity contribution in [2.24, 2.45) is 5.73 Å². The number of benzene rings is 1. The molecule has 14 heavy (non-hydrogen) atoms. The van der Waals surface area contributed by atoms with Crippen molar-refractivity contribution in [1.82, 2.24) is 0 Å². The van der Waals surface area contributed by atoms with Crippen LogP contribution in [0.15, 0.2) is 16.6 Å². The Kier molecular flexibility index (Phi) is 6.16. The summed E-state index contributed by atoms with van der Waals surface area (Å²) in [7, 11) is 0. The van der Waals surface area contributed by atoms with E-state index in [-0.39, 0.29) is 12.4 Å². The molecule has 2 N–H and O–H groups in total. The van der Waals surface area contributed by atoms with Gasteiger partial charge in [-0.25, -0.2) is 0 Å². The number of hydrogen-bond donors (Lipinski definition) is 1. The molecule has 0 amide bonds. The van der Waals surface area contributed by atoms with Crippen LogP contribution in [0.5, 0.6) is 5.75 Å². The second kappa shape index (κ2) is 6.27. The van der Waals surface area contributed by atoms with Gasteiger partial charge in [0.25, 0.3) is 0 Å². The summed E-state index contributed by atoms with van der Waals surface area (Å²) in [5.74, 6) is 0.952. The van der Waals surface area contributed by atoms with Crippen molar-refractivity contribution in [3.05, 3.63) is 27.7 Å². The molecule has 1 aromatic carbocycles.